The van der Waals surface area contributed by atoms with Crippen molar-refractivity contribution in [3.63, 3.8) is 0 Å². The molecular weight excluding hydrogens is 336 g/mol. The van der Waals surface area contributed by atoms with Gasteiger partial charge in [-0.15, -0.1) is 0 Å². The maximum Gasteiger partial charge on any atom is 2.00 e. The molecular formula is HNaO4WZn. The molecule has 0 radical (unpaired) electrons. The van der Waals surface area contributed by atoms with Crippen molar-refractivity contribution in [2.75, 3.05) is 0 Å². The summed E-state index contributed by atoms with van der Waals surface area (Å²) in [5.41, 5.74) is 0. The summed E-state index contributed by atoms with van der Waals surface area (Å²) in [7, 11) is 0. The quantitative estimate of drug-likeness (QED) is 0.435. The van der Waals surface area contributed by atoms with E-state index in [0.29, 0.717) is 0 Å². The van der Waals surface area contributed by atoms with Crippen LogP contribution in [-0.2, 0) is 43.0 Å². The fourth-order valence-electron chi connectivity index (χ4n) is 0. The van der Waals surface area contributed by atoms with Crippen LogP contribution in [-0.4, -0.2) is 29.6 Å². The standard InChI is InChI=1S/Na.4O.W.Zn.H/q;;;2*-1;;+2;. The molecule has 0 aromatic heterocycles. The molecule has 0 saturated heterocycles. The van der Waals surface area contributed by atoms with Gasteiger partial charge in [0, 0.05) is 0 Å². The molecule has 0 spiro atoms. The Hall–Kier alpha value is 1.83. The molecule has 0 atom stereocenters. The second-order valence-corrected chi connectivity index (χ2v) is 3.34. The van der Waals surface area contributed by atoms with Gasteiger partial charge >= 0.3 is 80.1 Å². The third kappa shape index (κ3) is 79.4. The van der Waals surface area contributed by atoms with Crippen LogP contribution in [0.4, 0.5) is 0 Å². The summed E-state index contributed by atoms with van der Waals surface area (Å²) < 4.78 is 34.6. The second kappa shape index (κ2) is 5.96. The fourth-order valence-corrected chi connectivity index (χ4v) is 0. The monoisotopic (exact) mass is 336 g/mol. The van der Waals surface area contributed by atoms with Gasteiger partial charge in [0.15, 0.2) is 0 Å². The van der Waals surface area contributed by atoms with Crippen molar-refractivity contribution in [3.05, 3.63) is 0 Å². The molecule has 0 fully saturated rings. The van der Waals surface area contributed by atoms with E-state index in [1.807, 2.05) is 0 Å². The van der Waals surface area contributed by atoms with E-state index >= 15 is 0 Å². The topological polar surface area (TPSA) is 80.3 Å². The molecule has 7 heteroatoms. The van der Waals surface area contributed by atoms with Crippen LogP contribution in [0.2, 0.25) is 0 Å². The Morgan fingerprint density at radius 2 is 1.14 bits per heavy atom. The smallest absolute Gasteiger partial charge is 2.00 e. The normalized spacial score (nSPS) is 8.29. The summed E-state index contributed by atoms with van der Waals surface area (Å²) in [4.78, 5) is 0. The summed E-state index contributed by atoms with van der Waals surface area (Å²) >= 11 is -6.17. The first kappa shape index (κ1) is 15.9. The van der Waals surface area contributed by atoms with Gasteiger partial charge in [0.05, 0.1) is 0 Å². The summed E-state index contributed by atoms with van der Waals surface area (Å²) in [6, 6.07) is 0. The average Bonchev–Trinajstić information content (AvgIpc) is 0.722. The maximum absolute atomic E-state index is 8.65. The van der Waals surface area contributed by atoms with E-state index in [4.69, 9.17) is 14.3 Å². The van der Waals surface area contributed by atoms with Crippen molar-refractivity contribution < 1.29 is 50.5 Å². The molecule has 0 aromatic carbocycles. The van der Waals surface area contributed by atoms with Gasteiger partial charge in [-0.1, -0.05) is 0 Å². The van der Waals surface area contributed by atoms with Crippen LogP contribution in [0.1, 0.15) is 0 Å². The van der Waals surface area contributed by atoms with Crippen LogP contribution in [0.25, 0.3) is 0 Å². The number of hydrogen-bond acceptors (Lipinski definition) is 4. The molecule has 0 aliphatic carbocycles. The Balaban J connectivity index is -0.0000000800. The molecule has 0 aliphatic heterocycles. The Labute approximate surface area is 79.1 Å². The van der Waals surface area contributed by atoms with Crippen LogP contribution < -0.4 is 7.52 Å². The Bertz CT molecular complexity index is 94.9. The van der Waals surface area contributed by atoms with Gasteiger partial charge in [0.25, 0.3) is 0 Å². The Morgan fingerprint density at radius 1 is 1.14 bits per heavy atom. The first-order valence-corrected chi connectivity index (χ1v) is 5.46. The maximum atomic E-state index is 8.65. The average molecular weight is 337 g/mol. The van der Waals surface area contributed by atoms with Gasteiger partial charge in [0.2, 0.25) is 0 Å². The van der Waals surface area contributed by atoms with Crippen LogP contribution in [0, 0.1) is 0 Å². The molecule has 4 nitrogen and oxygen atoms in total. The minimum Gasteiger partial charge on any atom is 2.00 e. The van der Waals surface area contributed by atoms with Crippen LogP contribution in [0.15, 0.2) is 0 Å². The second-order valence-electron chi connectivity index (χ2n) is 0.408. The zero-order valence-electron chi connectivity index (χ0n) is 2.75. The third-order valence-corrected chi connectivity index (χ3v) is 0. The minimum absolute atomic E-state index is 0. The van der Waals surface area contributed by atoms with Gasteiger partial charge < -0.3 is 0 Å². The van der Waals surface area contributed by atoms with Crippen LogP contribution in [0.5, 0.6) is 0 Å². The molecule has 7 heavy (non-hydrogen) atoms. The molecule has 0 amide bonds. The predicted octanol–water partition coefficient (Wildman–Crippen LogP) is -3.27. The van der Waals surface area contributed by atoms with Crippen LogP contribution >= 0.6 is 0 Å². The molecule has 0 rings (SSSR count). The van der Waals surface area contributed by atoms with E-state index in [2.05, 4.69) is 0 Å². The molecule has 0 heterocycles. The van der Waals surface area contributed by atoms with Gasteiger partial charge in [-0.05, 0) is 0 Å². The van der Waals surface area contributed by atoms with E-state index in [-0.39, 0.29) is 49.0 Å². The first-order chi connectivity index (χ1) is 2.00. The SMILES string of the molecule is [NaH].[O]=[W](=[O])([O-])[O-].[Zn+2]. The van der Waals surface area contributed by atoms with Gasteiger partial charge in [-0.25, -0.2) is 0 Å². The Kier molecular flexibility index (Phi) is 13.6. The number of hydrogen-bond donors (Lipinski definition) is 0. The predicted molar refractivity (Wildman–Crippen MR) is 8.52 cm³/mol. The van der Waals surface area contributed by atoms with Crippen molar-refractivity contribution in [1.29, 1.82) is 0 Å². The zero-order chi connectivity index (χ0) is 4.50. The minimum atomic E-state index is -6.17. The zero-order valence-corrected chi connectivity index (χ0v) is 8.65. The first-order valence-electron chi connectivity index (χ1n) is 0.667. The van der Waals surface area contributed by atoms with Crippen LogP contribution in [0.3, 0.4) is 0 Å². The van der Waals surface area contributed by atoms with Crippen molar-refractivity contribution in [2.24, 2.45) is 0 Å². The molecule has 0 aromatic rings. The van der Waals surface area contributed by atoms with Gasteiger partial charge in [-0.3, -0.25) is 0 Å². The molecule has 0 saturated carbocycles. The van der Waals surface area contributed by atoms with Crippen molar-refractivity contribution in [1.82, 2.24) is 0 Å². The van der Waals surface area contributed by atoms with E-state index < -0.39 is 16.7 Å². The molecule has 0 bridgehead atoms. The molecule has 34 valence electrons. The van der Waals surface area contributed by atoms with E-state index in [0.717, 1.165) is 0 Å². The van der Waals surface area contributed by atoms with Gasteiger partial charge in [0.1, 0.15) is 0 Å². The van der Waals surface area contributed by atoms with E-state index in [9.17, 15) is 0 Å². The van der Waals surface area contributed by atoms with Crippen molar-refractivity contribution >= 4 is 29.6 Å². The largest absolute Gasteiger partial charge is 2.00 e. The van der Waals surface area contributed by atoms with Gasteiger partial charge in [-0.2, -0.15) is 0 Å². The third-order valence-electron chi connectivity index (χ3n) is 0. The fraction of sp³-hybridized carbons (Fsp3) is 0. The van der Waals surface area contributed by atoms with E-state index in [1.54, 1.807) is 0 Å². The summed E-state index contributed by atoms with van der Waals surface area (Å²) in [6.45, 7) is 0. The summed E-state index contributed by atoms with van der Waals surface area (Å²) in [5, 5.41) is 0. The van der Waals surface area contributed by atoms with Crippen molar-refractivity contribution in [2.45, 2.75) is 0 Å². The summed E-state index contributed by atoms with van der Waals surface area (Å²) in [6.07, 6.45) is 0. The molecule has 0 aliphatic rings. The molecule has 0 unspecified atom stereocenters. The Morgan fingerprint density at radius 3 is 1.14 bits per heavy atom. The van der Waals surface area contributed by atoms with Crippen molar-refractivity contribution in [3.8, 4) is 0 Å². The van der Waals surface area contributed by atoms with E-state index in [1.165, 1.54) is 0 Å². The summed E-state index contributed by atoms with van der Waals surface area (Å²) in [5.74, 6) is 0. The molecule has 0 N–H and O–H groups in total. The number of rotatable bonds is 0.